The Morgan fingerprint density at radius 2 is 1.37 bits per heavy atom. The van der Waals surface area contributed by atoms with Gasteiger partial charge in [-0.25, -0.2) is 9.69 Å². The molecule has 0 unspecified atom stereocenters. The summed E-state index contributed by atoms with van der Waals surface area (Å²) in [5, 5.41) is 0. The van der Waals surface area contributed by atoms with E-state index in [9.17, 15) is 14.4 Å². The first-order valence-electron chi connectivity index (χ1n) is 12.1. The molecule has 0 spiro atoms. The molecule has 172 valence electrons. The fraction of sp³-hybridized carbons (Fsp3) is 0.233. The van der Waals surface area contributed by atoms with Gasteiger partial charge in [-0.2, -0.15) is 0 Å². The summed E-state index contributed by atoms with van der Waals surface area (Å²) >= 11 is 0. The summed E-state index contributed by atoms with van der Waals surface area (Å²) in [5.41, 5.74) is 2.85. The van der Waals surface area contributed by atoms with E-state index < -0.39 is 5.97 Å². The Bertz CT molecular complexity index is 1360. The van der Waals surface area contributed by atoms with Crippen molar-refractivity contribution in [2.45, 2.75) is 6.42 Å². The van der Waals surface area contributed by atoms with Crippen molar-refractivity contribution >= 4 is 23.5 Å². The molecule has 3 fully saturated rings. The molecule has 1 heterocycles. The number of esters is 1. The summed E-state index contributed by atoms with van der Waals surface area (Å²) in [6.45, 7) is 0. The van der Waals surface area contributed by atoms with Crippen molar-refractivity contribution in [3.8, 4) is 16.9 Å². The standard InChI is InChI=1S/C30H23NO4/c32-28-26-22-13-14-23(25-16-24(22)25)27(26)29(33)31(28)20-8-4-7-19(15-20)30(34)35-21-11-9-18(10-12-21)17-5-2-1-3-6-17/h1-15,22-27H,16H2/t22-,23-,24-,25-,26-,27+/m0/s1. The minimum atomic E-state index is -0.529. The van der Waals surface area contributed by atoms with Crippen molar-refractivity contribution in [3.63, 3.8) is 0 Å². The Hall–Kier alpha value is -3.99. The van der Waals surface area contributed by atoms with E-state index in [1.54, 1.807) is 36.4 Å². The third-order valence-corrected chi connectivity index (χ3v) is 8.17. The number of benzene rings is 3. The molecular formula is C30H23NO4. The van der Waals surface area contributed by atoms with Crippen LogP contribution in [0.4, 0.5) is 5.69 Å². The van der Waals surface area contributed by atoms with Crippen LogP contribution in [0, 0.1) is 35.5 Å². The fourth-order valence-electron chi connectivity index (χ4n) is 6.50. The number of hydrogen-bond donors (Lipinski definition) is 0. The minimum absolute atomic E-state index is 0.133. The van der Waals surface area contributed by atoms with Crippen molar-refractivity contribution in [1.29, 1.82) is 0 Å². The largest absolute Gasteiger partial charge is 0.423 e. The number of carbonyl (C=O) groups is 3. The number of rotatable bonds is 4. The Labute approximate surface area is 203 Å². The van der Waals surface area contributed by atoms with E-state index in [2.05, 4.69) is 12.2 Å². The first-order valence-corrected chi connectivity index (χ1v) is 12.1. The summed E-state index contributed by atoms with van der Waals surface area (Å²) in [6, 6.07) is 23.9. The molecule has 2 amide bonds. The van der Waals surface area contributed by atoms with Crippen molar-refractivity contribution in [2.24, 2.45) is 35.5 Å². The minimum Gasteiger partial charge on any atom is -0.423 e. The normalized spacial score (nSPS) is 29.7. The van der Waals surface area contributed by atoms with E-state index in [0.717, 1.165) is 17.5 Å². The molecule has 5 nitrogen and oxygen atoms in total. The van der Waals surface area contributed by atoms with E-state index in [1.165, 1.54) is 4.90 Å². The van der Waals surface area contributed by atoms with Crippen LogP contribution in [0.1, 0.15) is 16.8 Å². The average Bonchev–Trinajstić information content (AvgIpc) is 3.68. The molecule has 5 aliphatic rings. The molecule has 5 heteroatoms. The highest BCUT2D eigenvalue weighted by molar-refractivity contribution is 6.23. The molecule has 3 aromatic carbocycles. The van der Waals surface area contributed by atoms with Gasteiger partial charge in [0, 0.05) is 0 Å². The van der Waals surface area contributed by atoms with Gasteiger partial charge >= 0.3 is 5.97 Å². The fourth-order valence-corrected chi connectivity index (χ4v) is 6.50. The van der Waals surface area contributed by atoms with Crippen LogP contribution >= 0.6 is 0 Å². The lowest BCUT2D eigenvalue weighted by atomic mass is 9.63. The predicted molar refractivity (Wildman–Crippen MR) is 130 cm³/mol. The molecule has 8 rings (SSSR count). The number of amides is 2. The summed E-state index contributed by atoms with van der Waals surface area (Å²) in [5.74, 6) is 0.556. The molecule has 0 radical (unpaired) electrons. The van der Waals surface area contributed by atoms with Gasteiger partial charge in [0.15, 0.2) is 0 Å². The maximum Gasteiger partial charge on any atom is 0.343 e. The van der Waals surface area contributed by atoms with Crippen LogP contribution < -0.4 is 9.64 Å². The molecule has 0 aromatic heterocycles. The Kier molecular flexibility index (Phi) is 4.37. The SMILES string of the molecule is O=C(Oc1ccc(-c2ccccc2)cc1)c1cccc(N2C(=O)[C@@H]3[C@H]4C=C[C@@H]([C@@H]5C[C@@H]45)[C@@H]3C2=O)c1. The summed E-state index contributed by atoms with van der Waals surface area (Å²) in [4.78, 5) is 41.0. The highest BCUT2D eigenvalue weighted by Gasteiger charge is 2.67. The van der Waals surface area contributed by atoms with E-state index in [-0.39, 0.29) is 35.5 Å². The van der Waals surface area contributed by atoms with Crippen LogP contribution in [0.15, 0.2) is 91.0 Å². The first-order chi connectivity index (χ1) is 17.1. The number of carbonyl (C=O) groups excluding carboxylic acids is 3. The monoisotopic (exact) mass is 461 g/mol. The number of ether oxygens (including phenoxy) is 1. The number of imide groups is 1. The van der Waals surface area contributed by atoms with Crippen LogP contribution in [0.2, 0.25) is 0 Å². The van der Waals surface area contributed by atoms with E-state index >= 15 is 0 Å². The lowest BCUT2D eigenvalue weighted by Gasteiger charge is -2.37. The molecule has 6 atom stereocenters. The van der Waals surface area contributed by atoms with Gasteiger partial charge in [0.2, 0.25) is 11.8 Å². The highest BCUT2D eigenvalue weighted by Crippen LogP contribution is 2.65. The molecule has 1 saturated heterocycles. The second-order valence-corrected chi connectivity index (χ2v) is 10.00. The zero-order chi connectivity index (χ0) is 23.7. The number of anilines is 1. The number of nitrogens with zero attached hydrogens (tertiary/aromatic N) is 1. The van der Waals surface area contributed by atoms with Gasteiger partial charge in [-0.15, -0.1) is 0 Å². The lowest BCUT2D eigenvalue weighted by Crippen LogP contribution is -2.40. The lowest BCUT2D eigenvalue weighted by molar-refractivity contribution is -0.124. The number of hydrogen-bond acceptors (Lipinski definition) is 4. The third-order valence-electron chi connectivity index (χ3n) is 8.17. The summed E-state index contributed by atoms with van der Waals surface area (Å²) in [6.07, 6.45) is 5.45. The second kappa shape index (κ2) is 7.51. The Morgan fingerprint density at radius 1 is 0.743 bits per heavy atom. The van der Waals surface area contributed by atoms with Crippen LogP contribution in [0.3, 0.4) is 0 Å². The van der Waals surface area contributed by atoms with Gasteiger partial charge < -0.3 is 4.74 Å². The quantitative estimate of drug-likeness (QED) is 0.234. The first kappa shape index (κ1) is 20.4. The maximum atomic E-state index is 13.4. The zero-order valence-corrected chi connectivity index (χ0v) is 18.9. The molecular weight excluding hydrogens is 438 g/mol. The van der Waals surface area contributed by atoms with Crippen LogP contribution in [0.25, 0.3) is 11.1 Å². The molecule has 35 heavy (non-hydrogen) atoms. The van der Waals surface area contributed by atoms with Crippen molar-refractivity contribution < 1.29 is 19.1 Å². The Balaban J connectivity index is 1.11. The highest BCUT2D eigenvalue weighted by atomic mass is 16.5. The predicted octanol–water partition coefficient (Wildman–Crippen LogP) is 5.13. The zero-order valence-electron chi connectivity index (χ0n) is 18.9. The maximum absolute atomic E-state index is 13.4. The molecule has 2 saturated carbocycles. The van der Waals surface area contributed by atoms with Gasteiger partial charge in [-0.05, 0) is 71.6 Å². The summed E-state index contributed by atoms with van der Waals surface area (Å²) < 4.78 is 5.58. The second-order valence-electron chi connectivity index (χ2n) is 10.00. The van der Waals surface area contributed by atoms with Gasteiger partial charge in [0.25, 0.3) is 0 Å². The average molecular weight is 462 g/mol. The smallest absolute Gasteiger partial charge is 0.343 e. The van der Waals surface area contributed by atoms with Gasteiger partial charge in [-0.3, -0.25) is 9.59 Å². The van der Waals surface area contributed by atoms with E-state index in [4.69, 9.17) is 4.74 Å². The van der Waals surface area contributed by atoms with Crippen LogP contribution in [-0.4, -0.2) is 17.8 Å². The molecule has 1 aliphatic heterocycles. The molecule has 2 bridgehead atoms. The number of allylic oxidation sites excluding steroid dienone is 2. The molecule has 3 aromatic rings. The van der Waals surface area contributed by atoms with Crippen LogP contribution in [0.5, 0.6) is 5.75 Å². The summed E-state index contributed by atoms with van der Waals surface area (Å²) in [7, 11) is 0. The van der Waals surface area contributed by atoms with Crippen LogP contribution in [-0.2, 0) is 9.59 Å². The van der Waals surface area contributed by atoms with Gasteiger partial charge in [0.05, 0.1) is 23.1 Å². The van der Waals surface area contributed by atoms with E-state index in [1.807, 2.05) is 42.5 Å². The van der Waals surface area contributed by atoms with Crippen molar-refractivity contribution in [1.82, 2.24) is 0 Å². The van der Waals surface area contributed by atoms with Gasteiger partial charge in [0.1, 0.15) is 5.75 Å². The van der Waals surface area contributed by atoms with Crippen molar-refractivity contribution in [3.05, 3.63) is 96.6 Å². The molecule has 4 aliphatic carbocycles. The Morgan fingerprint density at radius 3 is 2.03 bits per heavy atom. The topological polar surface area (TPSA) is 63.7 Å². The van der Waals surface area contributed by atoms with Crippen molar-refractivity contribution in [2.75, 3.05) is 4.90 Å². The molecule has 0 N–H and O–H groups in total. The van der Waals surface area contributed by atoms with E-state index in [0.29, 0.717) is 28.8 Å². The third kappa shape index (κ3) is 3.11. The van der Waals surface area contributed by atoms with Gasteiger partial charge in [-0.1, -0.05) is 60.7 Å².